The van der Waals surface area contributed by atoms with Crippen LogP contribution in [-0.4, -0.2) is 40.3 Å². The summed E-state index contributed by atoms with van der Waals surface area (Å²) < 4.78 is 6.26. The first kappa shape index (κ1) is 32.9. The summed E-state index contributed by atoms with van der Waals surface area (Å²) in [5.74, 6) is 0.480. The zero-order chi connectivity index (χ0) is 30.9. The van der Waals surface area contributed by atoms with Crippen LogP contribution in [0.25, 0.3) is 10.6 Å². The van der Waals surface area contributed by atoms with Crippen LogP contribution in [-0.2, 0) is 4.79 Å². The second-order valence-electron chi connectivity index (χ2n) is 11.9. The van der Waals surface area contributed by atoms with E-state index in [0.29, 0.717) is 34.8 Å². The smallest absolute Gasteiger partial charge is 0.306 e. The van der Waals surface area contributed by atoms with E-state index in [9.17, 15) is 14.7 Å². The first-order valence-corrected chi connectivity index (χ1v) is 16.8. The van der Waals surface area contributed by atoms with Gasteiger partial charge in [0.2, 0.25) is 5.13 Å². The monoisotopic (exact) mass is 625 g/mol. The van der Waals surface area contributed by atoms with E-state index in [4.69, 9.17) is 16.3 Å². The number of ether oxygens (including phenoxy) is 1. The fourth-order valence-electron chi connectivity index (χ4n) is 5.91. The minimum absolute atomic E-state index is 0.168. The van der Waals surface area contributed by atoms with Crippen LogP contribution in [0.15, 0.2) is 30.3 Å². The van der Waals surface area contributed by atoms with Crippen LogP contribution in [0.5, 0.6) is 5.75 Å². The molecule has 7 nitrogen and oxygen atoms in total. The Morgan fingerprint density at radius 3 is 2.47 bits per heavy atom. The Balaban J connectivity index is 1.40. The van der Waals surface area contributed by atoms with Crippen molar-refractivity contribution >= 4 is 39.9 Å². The molecule has 1 aromatic heterocycles. The van der Waals surface area contributed by atoms with Gasteiger partial charge in [0.1, 0.15) is 10.8 Å². The van der Waals surface area contributed by atoms with E-state index in [-0.39, 0.29) is 11.8 Å². The van der Waals surface area contributed by atoms with Crippen molar-refractivity contribution in [2.45, 2.75) is 91.9 Å². The fourth-order valence-corrected chi connectivity index (χ4v) is 7.09. The largest absolute Gasteiger partial charge is 0.493 e. The second-order valence-corrected chi connectivity index (χ2v) is 13.2. The van der Waals surface area contributed by atoms with E-state index >= 15 is 0 Å². The highest BCUT2D eigenvalue weighted by Crippen LogP contribution is 2.35. The van der Waals surface area contributed by atoms with Gasteiger partial charge in [-0.2, -0.15) is 0 Å². The molecule has 0 radical (unpaired) electrons. The van der Waals surface area contributed by atoms with E-state index in [1.807, 2.05) is 32.9 Å². The predicted octanol–water partition coefficient (Wildman–Crippen LogP) is 9.06. The number of carbonyl (C=O) groups excluding carboxylic acids is 1. The predicted molar refractivity (Wildman–Crippen MR) is 175 cm³/mol. The van der Waals surface area contributed by atoms with Crippen LogP contribution in [0.4, 0.5) is 5.13 Å². The van der Waals surface area contributed by atoms with Gasteiger partial charge >= 0.3 is 5.97 Å². The molecule has 1 heterocycles. The third kappa shape index (κ3) is 8.79. The van der Waals surface area contributed by atoms with Gasteiger partial charge in [0.25, 0.3) is 5.91 Å². The van der Waals surface area contributed by atoms with Gasteiger partial charge in [-0.1, -0.05) is 61.6 Å². The lowest BCUT2D eigenvalue weighted by Gasteiger charge is -2.23. The van der Waals surface area contributed by atoms with Crippen LogP contribution in [0.1, 0.15) is 98.2 Å². The summed E-state index contributed by atoms with van der Waals surface area (Å²) in [5, 5.41) is 20.0. The quantitative estimate of drug-likeness (QED) is 0.202. The number of halogens is 1. The topological polar surface area (TPSA) is 92.6 Å². The SMILES string of the molecule is CCCCN(C(=O)c1ccc(C)cc1Cl)c1nnc(-c2cc(C)c(OCCCC3CCCCC(C(=O)O)CC3)c(C)c2)s1. The number of hydrogen-bond donors (Lipinski definition) is 1. The number of aromatic nitrogens is 2. The fraction of sp³-hybridized carbons (Fsp3) is 0.529. The molecule has 1 aliphatic rings. The van der Waals surface area contributed by atoms with E-state index < -0.39 is 5.97 Å². The number of carbonyl (C=O) groups is 2. The van der Waals surface area contributed by atoms with Gasteiger partial charge in [0, 0.05) is 12.1 Å². The van der Waals surface area contributed by atoms with Crippen LogP contribution >= 0.6 is 22.9 Å². The maximum Gasteiger partial charge on any atom is 0.306 e. The van der Waals surface area contributed by atoms with Crippen LogP contribution < -0.4 is 9.64 Å². The van der Waals surface area contributed by atoms with Gasteiger partial charge in [-0.3, -0.25) is 14.5 Å². The normalized spacial score (nSPS) is 17.2. The highest BCUT2D eigenvalue weighted by molar-refractivity contribution is 7.18. The number of nitrogens with zero attached hydrogens (tertiary/aromatic N) is 3. The molecule has 2 atom stereocenters. The van der Waals surface area contributed by atoms with Crippen LogP contribution in [0, 0.1) is 32.6 Å². The summed E-state index contributed by atoms with van der Waals surface area (Å²) in [5.41, 5.74) is 4.49. The average molecular weight is 626 g/mol. The number of benzene rings is 2. The average Bonchev–Trinajstić information content (AvgIpc) is 3.43. The maximum absolute atomic E-state index is 13.5. The molecule has 3 aromatic rings. The Morgan fingerprint density at radius 2 is 1.77 bits per heavy atom. The molecule has 2 aromatic carbocycles. The standard InChI is InChI=1S/C34H44ClN3O4S/c1-5-6-17-38(32(39)28-16-13-22(2)19-29(28)35)34-37-36-31(43-34)27-20-23(3)30(24(4)21-27)42-18-9-11-25-10-7-8-12-26(15-14-25)33(40)41/h13,16,19-21,25-26H,5-12,14-15,17-18H2,1-4H3,(H,40,41). The number of aliphatic carboxylic acids is 1. The third-order valence-electron chi connectivity index (χ3n) is 8.38. The number of anilines is 1. The molecule has 1 N–H and O–H groups in total. The maximum atomic E-state index is 13.5. The molecule has 1 aliphatic carbocycles. The summed E-state index contributed by atoms with van der Waals surface area (Å²) >= 11 is 7.85. The van der Waals surface area contributed by atoms with Gasteiger partial charge in [0.05, 0.1) is 23.1 Å². The number of rotatable bonds is 12. The Labute approximate surface area is 264 Å². The second kappa shape index (κ2) is 15.7. The Kier molecular flexibility index (Phi) is 12.0. The highest BCUT2D eigenvalue weighted by atomic mass is 35.5. The molecule has 0 spiro atoms. The summed E-state index contributed by atoms with van der Waals surface area (Å²) in [6, 6.07) is 9.62. The van der Waals surface area contributed by atoms with Crippen molar-refractivity contribution in [3.05, 3.63) is 57.6 Å². The van der Waals surface area contributed by atoms with E-state index in [1.54, 1.807) is 11.0 Å². The molecule has 0 bridgehead atoms. The van der Waals surface area contributed by atoms with Gasteiger partial charge in [0.15, 0.2) is 0 Å². The van der Waals surface area contributed by atoms with Gasteiger partial charge in [-0.05, 0) is 106 Å². The van der Waals surface area contributed by atoms with Gasteiger partial charge in [-0.15, -0.1) is 10.2 Å². The van der Waals surface area contributed by atoms with Crippen molar-refractivity contribution in [1.29, 1.82) is 0 Å². The van der Waals surface area contributed by atoms with Crippen molar-refractivity contribution in [2.24, 2.45) is 11.8 Å². The molecular weight excluding hydrogens is 582 g/mol. The number of carboxylic acid groups (broad SMARTS) is 1. The molecule has 1 saturated carbocycles. The van der Waals surface area contributed by atoms with E-state index in [1.165, 1.54) is 17.8 Å². The molecule has 43 heavy (non-hydrogen) atoms. The van der Waals surface area contributed by atoms with Crippen molar-refractivity contribution in [3.8, 4) is 16.3 Å². The molecule has 0 aliphatic heterocycles. The molecule has 1 fully saturated rings. The van der Waals surface area contributed by atoms with Gasteiger partial charge in [-0.25, -0.2) is 0 Å². The molecule has 232 valence electrons. The van der Waals surface area contributed by atoms with Crippen molar-refractivity contribution in [1.82, 2.24) is 10.2 Å². The zero-order valence-electron chi connectivity index (χ0n) is 25.8. The van der Waals surface area contributed by atoms with Crippen molar-refractivity contribution in [3.63, 3.8) is 0 Å². The first-order chi connectivity index (χ1) is 20.7. The molecule has 2 unspecified atom stereocenters. The Hall–Kier alpha value is -2.97. The number of carboxylic acids is 1. The third-order valence-corrected chi connectivity index (χ3v) is 9.69. The number of unbranched alkanes of at least 4 members (excludes halogenated alkanes) is 1. The molecule has 1 amide bonds. The molecule has 9 heteroatoms. The molecular formula is C34H44ClN3O4S. The van der Waals surface area contributed by atoms with Crippen molar-refractivity contribution < 1.29 is 19.4 Å². The van der Waals surface area contributed by atoms with E-state index in [2.05, 4.69) is 29.3 Å². The first-order valence-electron chi connectivity index (χ1n) is 15.6. The summed E-state index contributed by atoms with van der Waals surface area (Å²) in [7, 11) is 0. The summed E-state index contributed by atoms with van der Waals surface area (Å²) in [6.45, 7) is 9.32. The minimum Gasteiger partial charge on any atom is -0.493 e. The zero-order valence-corrected chi connectivity index (χ0v) is 27.4. The lowest BCUT2D eigenvalue weighted by Crippen LogP contribution is -2.32. The lowest BCUT2D eigenvalue weighted by atomic mass is 9.83. The van der Waals surface area contributed by atoms with E-state index in [0.717, 1.165) is 90.8 Å². The van der Waals surface area contributed by atoms with Gasteiger partial charge < -0.3 is 9.84 Å². The van der Waals surface area contributed by atoms with Crippen molar-refractivity contribution in [2.75, 3.05) is 18.1 Å². The number of hydrogen-bond acceptors (Lipinski definition) is 6. The Bertz CT molecular complexity index is 1390. The number of amides is 1. The molecule has 4 rings (SSSR count). The summed E-state index contributed by atoms with van der Waals surface area (Å²) in [6.07, 6.45) is 9.72. The summed E-state index contributed by atoms with van der Waals surface area (Å²) in [4.78, 5) is 26.7. The minimum atomic E-state index is -0.641. The van der Waals surface area contributed by atoms with Crippen LogP contribution in [0.3, 0.4) is 0 Å². The lowest BCUT2D eigenvalue weighted by molar-refractivity contribution is -0.142. The number of aryl methyl sites for hydroxylation is 3. The Morgan fingerprint density at radius 1 is 1.02 bits per heavy atom. The van der Waals surface area contributed by atoms with Crippen LogP contribution in [0.2, 0.25) is 5.02 Å². The highest BCUT2D eigenvalue weighted by Gasteiger charge is 2.25. The molecule has 0 saturated heterocycles.